The fourth-order valence-corrected chi connectivity index (χ4v) is 2.70. The van der Waals surface area contributed by atoms with Gasteiger partial charge in [0.1, 0.15) is 5.75 Å². The summed E-state index contributed by atoms with van der Waals surface area (Å²) >= 11 is 0. The number of carbonyl (C=O) groups is 2. The number of carbonyl (C=O) groups excluding carboxylic acids is 2. The van der Waals surface area contributed by atoms with E-state index in [0.717, 1.165) is 11.3 Å². The van der Waals surface area contributed by atoms with Gasteiger partial charge in [0.15, 0.2) is 5.69 Å². The van der Waals surface area contributed by atoms with Gasteiger partial charge in [-0.3, -0.25) is 14.0 Å². The molecule has 3 rings (SSSR count). The summed E-state index contributed by atoms with van der Waals surface area (Å²) in [5.74, 6) is 0.275. The Kier molecular flexibility index (Phi) is 5.40. The number of aromatic nitrogens is 2. The Morgan fingerprint density at radius 2 is 1.85 bits per heavy atom. The molecule has 0 aliphatic rings. The molecule has 0 spiro atoms. The Morgan fingerprint density at radius 3 is 2.52 bits per heavy atom. The third kappa shape index (κ3) is 4.08. The second kappa shape index (κ2) is 7.90. The van der Waals surface area contributed by atoms with E-state index in [1.54, 1.807) is 29.8 Å². The van der Waals surface area contributed by atoms with Crippen molar-refractivity contribution in [2.75, 3.05) is 7.11 Å². The summed E-state index contributed by atoms with van der Waals surface area (Å²) in [7, 11) is 1.60. The number of hydrogen-bond acceptors (Lipinski definition) is 4. The lowest BCUT2D eigenvalue weighted by molar-refractivity contribution is 0.0939. The van der Waals surface area contributed by atoms with Gasteiger partial charge < -0.3 is 15.4 Å². The summed E-state index contributed by atoms with van der Waals surface area (Å²) in [6.07, 6.45) is 1.72. The molecule has 2 amide bonds. The molecule has 0 radical (unpaired) electrons. The molecule has 27 heavy (non-hydrogen) atoms. The van der Waals surface area contributed by atoms with E-state index >= 15 is 0 Å². The highest BCUT2D eigenvalue weighted by Gasteiger charge is 2.21. The lowest BCUT2D eigenvalue weighted by Crippen LogP contribution is -2.30. The zero-order chi connectivity index (χ0) is 19.4. The second-order valence-electron chi connectivity index (χ2n) is 6.40. The van der Waals surface area contributed by atoms with Crippen LogP contribution < -0.4 is 15.4 Å². The van der Waals surface area contributed by atoms with Crippen molar-refractivity contribution in [1.82, 2.24) is 20.0 Å². The monoisotopic (exact) mass is 366 g/mol. The van der Waals surface area contributed by atoms with E-state index in [0.29, 0.717) is 12.1 Å². The molecule has 0 aliphatic carbocycles. The summed E-state index contributed by atoms with van der Waals surface area (Å²) in [4.78, 5) is 29.4. The van der Waals surface area contributed by atoms with Crippen LogP contribution in [0.1, 0.15) is 40.5 Å². The van der Waals surface area contributed by atoms with Crippen LogP contribution in [0.25, 0.3) is 5.52 Å². The molecule has 2 N–H and O–H groups in total. The maximum atomic E-state index is 12.7. The Bertz CT molecular complexity index is 961. The minimum atomic E-state index is -0.351. The number of methoxy groups -OCH3 is 1. The van der Waals surface area contributed by atoms with Gasteiger partial charge in [-0.25, -0.2) is 4.98 Å². The molecule has 0 unspecified atom stereocenters. The number of rotatable bonds is 6. The van der Waals surface area contributed by atoms with Gasteiger partial charge in [0, 0.05) is 18.8 Å². The number of nitrogens with zero attached hydrogens (tertiary/aromatic N) is 2. The van der Waals surface area contributed by atoms with Gasteiger partial charge in [-0.1, -0.05) is 18.2 Å². The van der Waals surface area contributed by atoms with E-state index in [2.05, 4.69) is 15.6 Å². The molecule has 2 heterocycles. The van der Waals surface area contributed by atoms with Gasteiger partial charge in [-0.15, -0.1) is 0 Å². The summed E-state index contributed by atoms with van der Waals surface area (Å²) in [6, 6.07) is 12.8. The number of imidazole rings is 1. The minimum absolute atomic E-state index is 0.0229. The van der Waals surface area contributed by atoms with Gasteiger partial charge in [-0.2, -0.15) is 0 Å². The second-order valence-corrected chi connectivity index (χ2v) is 6.40. The first-order valence-corrected chi connectivity index (χ1v) is 8.68. The Balaban J connectivity index is 1.82. The molecule has 0 saturated carbocycles. The van der Waals surface area contributed by atoms with Gasteiger partial charge in [-0.05, 0) is 43.7 Å². The largest absolute Gasteiger partial charge is 0.497 e. The lowest BCUT2D eigenvalue weighted by Gasteiger charge is -2.06. The number of fused-ring (bicyclic) bond motifs is 1. The highest BCUT2D eigenvalue weighted by atomic mass is 16.5. The van der Waals surface area contributed by atoms with Crippen molar-refractivity contribution in [3.05, 3.63) is 65.7 Å². The highest BCUT2D eigenvalue weighted by Crippen LogP contribution is 2.14. The Labute approximate surface area is 157 Å². The van der Waals surface area contributed by atoms with E-state index in [-0.39, 0.29) is 29.4 Å². The summed E-state index contributed by atoms with van der Waals surface area (Å²) in [5.41, 5.74) is 1.76. The van der Waals surface area contributed by atoms with Crippen molar-refractivity contribution < 1.29 is 14.3 Å². The molecule has 1 aromatic carbocycles. The normalized spacial score (nSPS) is 10.8. The number of pyridine rings is 1. The van der Waals surface area contributed by atoms with E-state index in [1.165, 1.54) is 0 Å². The van der Waals surface area contributed by atoms with E-state index in [1.807, 2.05) is 44.2 Å². The number of benzene rings is 1. The topological polar surface area (TPSA) is 84.7 Å². The Morgan fingerprint density at radius 1 is 1.11 bits per heavy atom. The molecule has 0 saturated heterocycles. The van der Waals surface area contributed by atoms with Gasteiger partial charge in [0.05, 0.1) is 12.6 Å². The quantitative estimate of drug-likeness (QED) is 0.702. The molecule has 140 valence electrons. The number of amides is 2. The summed E-state index contributed by atoms with van der Waals surface area (Å²) < 4.78 is 6.75. The van der Waals surface area contributed by atoms with Crippen molar-refractivity contribution in [1.29, 1.82) is 0 Å². The maximum Gasteiger partial charge on any atom is 0.287 e. The highest BCUT2D eigenvalue weighted by molar-refractivity contribution is 6.02. The standard InChI is InChI=1S/C20H22N4O3/c1-13(2)22-19(25)17-16-6-4-5-11-24(16)18(23-17)20(26)21-12-14-7-9-15(27-3)10-8-14/h4-11,13H,12H2,1-3H3,(H,21,26)(H,22,25). The zero-order valence-corrected chi connectivity index (χ0v) is 15.5. The van der Waals surface area contributed by atoms with Crippen LogP contribution in [0.4, 0.5) is 0 Å². The third-order valence-corrected chi connectivity index (χ3v) is 4.00. The molecular weight excluding hydrogens is 344 g/mol. The third-order valence-electron chi connectivity index (χ3n) is 4.00. The number of nitrogens with one attached hydrogen (secondary N) is 2. The molecule has 2 aromatic heterocycles. The number of ether oxygens (including phenoxy) is 1. The van der Waals surface area contributed by atoms with Crippen molar-refractivity contribution >= 4 is 17.3 Å². The van der Waals surface area contributed by atoms with Crippen molar-refractivity contribution in [3.63, 3.8) is 0 Å². The van der Waals surface area contributed by atoms with Crippen molar-refractivity contribution in [3.8, 4) is 5.75 Å². The molecular formula is C20H22N4O3. The van der Waals surface area contributed by atoms with Crippen LogP contribution in [0.3, 0.4) is 0 Å². The molecule has 7 heteroatoms. The molecule has 7 nitrogen and oxygen atoms in total. The molecule has 3 aromatic rings. The van der Waals surface area contributed by atoms with Crippen LogP contribution in [-0.4, -0.2) is 34.4 Å². The SMILES string of the molecule is COc1ccc(CNC(=O)c2nc(C(=O)NC(C)C)c3ccccn23)cc1. The van der Waals surface area contributed by atoms with Crippen molar-refractivity contribution in [2.24, 2.45) is 0 Å². The van der Waals surface area contributed by atoms with Gasteiger partial charge >= 0.3 is 0 Å². The average molecular weight is 366 g/mol. The predicted molar refractivity (Wildman–Crippen MR) is 102 cm³/mol. The molecule has 0 atom stereocenters. The summed E-state index contributed by atoms with van der Waals surface area (Å²) in [6.45, 7) is 4.09. The predicted octanol–water partition coefficient (Wildman–Crippen LogP) is 2.41. The summed E-state index contributed by atoms with van der Waals surface area (Å²) in [5, 5.41) is 5.66. The van der Waals surface area contributed by atoms with Crippen LogP contribution in [0.15, 0.2) is 48.7 Å². The van der Waals surface area contributed by atoms with E-state index in [4.69, 9.17) is 4.74 Å². The first-order chi connectivity index (χ1) is 13.0. The van der Waals surface area contributed by atoms with Crippen molar-refractivity contribution in [2.45, 2.75) is 26.4 Å². The van der Waals surface area contributed by atoms with Crippen LogP contribution in [-0.2, 0) is 6.54 Å². The maximum absolute atomic E-state index is 12.7. The van der Waals surface area contributed by atoms with Crippen LogP contribution in [0.2, 0.25) is 0 Å². The number of hydrogen-bond donors (Lipinski definition) is 2. The lowest BCUT2D eigenvalue weighted by atomic mass is 10.2. The molecule has 0 bridgehead atoms. The van der Waals surface area contributed by atoms with Crippen LogP contribution in [0.5, 0.6) is 5.75 Å². The van der Waals surface area contributed by atoms with Crippen LogP contribution >= 0.6 is 0 Å². The molecule has 0 aliphatic heterocycles. The van der Waals surface area contributed by atoms with Gasteiger partial charge in [0.2, 0.25) is 5.82 Å². The minimum Gasteiger partial charge on any atom is -0.497 e. The first kappa shape index (κ1) is 18.4. The van der Waals surface area contributed by atoms with Crippen LogP contribution in [0, 0.1) is 0 Å². The first-order valence-electron chi connectivity index (χ1n) is 8.68. The Hall–Kier alpha value is -3.35. The fraction of sp³-hybridized carbons (Fsp3) is 0.250. The molecule has 0 fully saturated rings. The average Bonchev–Trinajstić information content (AvgIpc) is 3.06. The van der Waals surface area contributed by atoms with E-state index in [9.17, 15) is 9.59 Å². The van der Waals surface area contributed by atoms with E-state index < -0.39 is 0 Å². The van der Waals surface area contributed by atoms with Gasteiger partial charge in [0.25, 0.3) is 11.8 Å². The zero-order valence-electron chi connectivity index (χ0n) is 15.5. The fourth-order valence-electron chi connectivity index (χ4n) is 2.70. The smallest absolute Gasteiger partial charge is 0.287 e.